The normalized spacial score (nSPS) is 19.1. The van der Waals surface area contributed by atoms with Crippen LogP contribution in [0.4, 0.5) is 0 Å². The van der Waals surface area contributed by atoms with Crippen molar-refractivity contribution in [1.82, 2.24) is 4.98 Å². The van der Waals surface area contributed by atoms with E-state index in [9.17, 15) is 0 Å². The number of amidine groups is 1. The number of fused-ring (bicyclic) bond motifs is 1. The molecule has 0 fully saturated rings. The number of hydrogen-bond acceptors (Lipinski definition) is 4. The van der Waals surface area contributed by atoms with Crippen LogP contribution in [0.5, 0.6) is 0 Å². The molecule has 17 heavy (non-hydrogen) atoms. The van der Waals surface area contributed by atoms with E-state index >= 15 is 0 Å². The van der Waals surface area contributed by atoms with Crippen LogP contribution in [0.15, 0.2) is 39.9 Å². The Kier molecular flexibility index (Phi) is 2.48. The molecule has 1 aromatic heterocycles. The Morgan fingerprint density at radius 3 is 3.00 bits per heavy atom. The molecule has 0 amide bonds. The molecule has 1 atom stereocenters. The average molecular weight is 292 g/mol. The Morgan fingerprint density at radius 2 is 2.24 bits per heavy atom. The molecule has 0 saturated heterocycles. The van der Waals surface area contributed by atoms with Crippen molar-refractivity contribution in [2.45, 2.75) is 6.04 Å². The van der Waals surface area contributed by atoms with Crippen LogP contribution in [0.2, 0.25) is 0 Å². The van der Waals surface area contributed by atoms with E-state index in [-0.39, 0.29) is 12.1 Å². The molecule has 1 aromatic carbocycles. The monoisotopic (exact) mass is 291 g/mol. The molecular formula is C12H10BrN3O. The topological polar surface area (TPSA) is 60.5 Å². The van der Waals surface area contributed by atoms with Gasteiger partial charge in [0.25, 0.3) is 6.02 Å². The molecule has 2 aromatic rings. The first-order valence-corrected chi connectivity index (χ1v) is 6.04. The van der Waals surface area contributed by atoms with Gasteiger partial charge in [0.1, 0.15) is 12.6 Å². The Balaban J connectivity index is 2.21. The van der Waals surface area contributed by atoms with Crippen LogP contribution in [0, 0.1) is 0 Å². The van der Waals surface area contributed by atoms with Crippen molar-refractivity contribution in [2.75, 3.05) is 6.61 Å². The van der Waals surface area contributed by atoms with Gasteiger partial charge in [-0.2, -0.15) is 0 Å². The molecule has 0 spiro atoms. The largest absolute Gasteiger partial charge is 0.463 e. The van der Waals surface area contributed by atoms with Crippen molar-refractivity contribution in [3.05, 3.63) is 40.5 Å². The maximum Gasteiger partial charge on any atom is 0.282 e. The van der Waals surface area contributed by atoms with E-state index in [1.54, 1.807) is 6.20 Å². The number of ether oxygens (including phenoxy) is 1. The highest BCUT2D eigenvalue weighted by Gasteiger charge is 2.21. The van der Waals surface area contributed by atoms with Crippen LogP contribution in [0.3, 0.4) is 0 Å². The fourth-order valence-corrected chi connectivity index (χ4v) is 2.43. The van der Waals surface area contributed by atoms with E-state index in [0.29, 0.717) is 6.61 Å². The highest BCUT2D eigenvalue weighted by molar-refractivity contribution is 9.10. The number of aromatic nitrogens is 1. The van der Waals surface area contributed by atoms with Crippen LogP contribution >= 0.6 is 15.9 Å². The van der Waals surface area contributed by atoms with Crippen molar-refractivity contribution >= 4 is 32.9 Å². The van der Waals surface area contributed by atoms with E-state index in [2.05, 4.69) is 25.9 Å². The van der Waals surface area contributed by atoms with Gasteiger partial charge >= 0.3 is 0 Å². The van der Waals surface area contributed by atoms with Crippen LogP contribution in [0.1, 0.15) is 11.6 Å². The third-order valence-corrected chi connectivity index (χ3v) is 3.47. The maximum atomic E-state index is 5.53. The van der Waals surface area contributed by atoms with Crippen LogP contribution in [0.25, 0.3) is 10.9 Å². The van der Waals surface area contributed by atoms with Crippen molar-refractivity contribution in [1.29, 1.82) is 0 Å². The lowest BCUT2D eigenvalue weighted by Crippen LogP contribution is -2.10. The van der Waals surface area contributed by atoms with Gasteiger partial charge in [0.05, 0.1) is 5.52 Å². The number of aliphatic imine (C=N–C) groups is 1. The van der Waals surface area contributed by atoms with Gasteiger partial charge in [0.15, 0.2) is 0 Å². The summed E-state index contributed by atoms with van der Waals surface area (Å²) in [6, 6.07) is 8.15. The summed E-state index contributed by atoms with van der Waals surface area (Å²) in [4.78, 5) is 8.67. The maximum absolute atomic E-state index is 5.53. The third kappa shape index (κ3) is 1.76. The van der Waals surface area contributed by atoms with E-state index in [4.69, 9.17) is 10.5 Å². The van der Waals surface area contributed by atoms with Gasteiger partial charge in [0, 0.05) is 21.6 Å². The summed E-state index contributed by atoms with van der Waals surface area (Å²) in [6.45, 7) is 0.485. The summed E-state index contributed by atoms with van der Waals surface area (Å²) >= 11 is 3.52. The van der Waals surface area contributed by atoms with Gasteiger partial charge < -0.3 is 10.5 Å². The lowest BCUT2D eigenvalue weighted by Gasteiger charge is -2.09. The van der Waals surface area contributed by atoms with E-state index in [1.807, 2.05) is 24.3 Å². The van der Waals surface area contributed by atoms with Crippen LogP contribution < -0.4 is 5.73 Å². The second-order valence-corrected chi connectivity index (χ2v) is 4.68. The Hall–Kier alpha value is -1.62. The fraction of sp³-hybridized carbons (Fsp3) is 0.167. The molecular weight excluding hydrogens is 282 g/mol. The van der Waals surface area contributed by atoms with E-state index in [1.165, 1.54) is 0 Å². The minimum absolute atomic E-state index is 0.0551. The minimum Gasteiger partial charge on any atom is -0.463 e. The SMILES string of the molecule is NC1=NC(c2ccc(Br)c3cccnc23)CO1. The van der Waals surface area contributed by atoms with Gasteiger partial charge in [-0.3, -0.25) is 4.98 Å². The highest BCUT2D eigenvalue weighted by Crippen LogP contribution is 2.31. The second kappa shape index (κ2) is 4.00. The third-order valence-electron chi connectivity index (χ3n) is 2.78. The predicted octanol–water partition coefficient (Wildman–Crippen LogP) is 2.38. The molecule has 0 radical (unpaired) electrons. The van der Waals surface area contributed by atoms with Gasteiger partial charge in [-0.15, -0.1) is 0 Å². The smallest absolute Gasteiger partial charge is 0.282 e. The Labute approximate surface area is 107 Å². The molecule has 1 aliphatic heterocycles. The molecule has 1 unspecified atom stereocenters. The molecule has 0 aliphatic carbocycles. The first-order valence-electron chi connectivity index (χ1n) is 5.25. The van der Waals surface area contributed by atoms with Gasteiger partial charge in [0.2, 0.25) is 0 Å². The fourth-order valence-electron chi connectivity index (χ4n) is 1.98. The summed E-state index contributed by atoms with van der Waals surface area (Å²) < 4.78 is 6.22. The number of benzene rings is 1. The van der Waals surface area contributed by atoms with Crippen molar-refractivity contribution < 1.29 is 4.74 Å². The van der Waals surface area contributed by atoms with Gasteiger partial charge in [-0.05, 0) is 12.1 Å². The van der Waals surface area contributed by atoms with Crippen LogP contribution in [-0.4, -0.2) is 17.6 Å². The summed E-state index contributed by atoms with van der Waals surface area (Å²) in [6.07, 6.45) is 1.78. The van der Waals surface area contributed by atoms with Crippen molar-refractivity contribution in [3.8, 4) is 0 Å². The summed E-state index contributed by atoms with van der Waals surface area (Å²) in [5.41, 5.74) is 7.52. The zero-order valence-corrected chi connectivity index (χ0v) is 10.5. The average Bonchev–Trinajstić information content (AvgIpc) is 2.77. The lowest BCUT2D eigenvalue weighted by molar-refractivity contribution is 0.315. The first-order chi connectivity index (χ1) is 8.25. The zero-order valence-electron chi connectivity index (χ0n) is 8.93. The van der Waals surface area contributed by atoms with Crippen molar-refractivity contribution in [3.63, 3.8) is 0 Å². The summed E-state index contributed by atoms with van der Waals surface area (Å²) in [7, 11) is 0. The summed E-state index contributed by atoms with van der Waals surface area (Å²) in [5.74, 6) is 0. The number of pyridine rings is 1. The van der Waals surface area contributed by atoms with Crippen LogP contribution in [-0.2, 0) is 4.74 Å². The molecule has 1 aliphatic rings. The number of nitrogens with two attached hydrogens (primary N) is 1. The number of halogens is 1. The van der Waals surface area contributed by atoms with E-state index in [0.717, 1.165) is 20.9 Å². The minimum atomic E-state index is -0.0551. The summed E-state index contributed by atoms with van der Waals surface area (Å²) in [5, 5.41) is 1.07. The number of hydrogen-bond donors (Lipinski definition) is 1. The molecule has 86 valence electrons. The molecule has 0 bridgehead atoms. The van der Waals surface area contributed by atoms with Gasteiger partial charge in [-0.1, -0.05) is 28.1 Å². The number of nitrogens with zero attached hydrogens (tertiary/aromatic N) is 2. The van der Waals surface area contributed by atoms with E-state index < -0.39 is 0 Å². The molecule has 0 saturated carbocycles. The quantitative estimate of drug-likeness (QED) is 0.878. The molecule has 5 heteroatoms. The zero-order chi connectivity index (χ0) is 11.8. The Morgan fingerprint density at radius 1 is 1.35 bits per heavy atom. The second-order valence-electron chi connectivity index (χ2n) is 3.83. The first kappa shape index (κ1) is 10.5. The molecule has 3 rings (SSSR count). The highest BCUT2D eigenvalue weighted by atomic mass is 79.9. The predicted molar refractivity (Wildman–Crippen MR) is 69.8 cm³/mol. The van der Waals surface area contributed by atoms with Crippen molar-refractivity contribution in [2.24, 2.45) is 10.7 Å². The standard InChI is InChI=1S/C12H10BrN3O/c13-9-4-3-8(10-6-17-12(14)16-10)11-7(9)2-1-5-15-11/h1-5,10H,6H2,(H2,14,16). The number of rotatable bonds is 1. The molecule has 2 heterocycles. The molecule has 2 N–H and O–H groups in total. The Bertz CT molecular complexity index is 612. The van der Waals surface area contributed by atoms with Gasteiger partial charge in [-0.25, -0.2) is 4.99 Å². The lowest BCUT2D eigenvalue weighted by atomic mass is 10.0. The molecule has 4 nitrogen and oxygen atoms in total.